The van der Waals surface area contributed by atoms with Crippen molar-refractivity contribution in [1.29, 1.82) is 0 Å². The molecule has 0 saturated heterocycles. The van der Waals surface area contributed by atoms with Crippen LogP contribution in [0.1, 0.15) is 10.4 Å². The van der Waals surface area contributed by atoms with Crippen LogP contribution in [0, 0.1) is 10.1 Å². The van der Waals surface area contributed by atoms with Gasteiger partial charge in [-0.05, 0) is 17.7 Å². The van der Waals surface area contributed by atoms with Crippen LogP contribution in [0.5, 0.6) is 0 Å². The average Bonchev–Trinajstić information content (AvgIpc) is 2.04. The van der Waals surface area contributed by atoms with Crippen molar-refractivity contribution < 1.29 is 9.72 Å². The number of halogens is 1. The lowest BCUT2D eigenvalue weighted by molar-refractivity contribution is -0.384. The van der Waals surface area contributed by atoms with E-state index in [2.05, 4.69) is 12.6 Å². The molecule has 0 fully saturated rings. The molecule has 0 N–H and O–H groups in total. The van der Waals surface area contributed by atoms with Gasteiger partial charge in [0.1, 0.15) is 0 Å². The largest absolute Gasteiger partial charge is 0.276 e. The predicted octanol–water partition coefficient (Wildman–Crippen LogP) is 2.26. The summed E-state index contributed by atoms with van der Waals surface area (Å²) in [5.74, 6) is 0. The first kappa shape index (κ1) is 10.0. The second kappa shape index (κ2) is 3.76. The first-order chi connectivity index (χ1) is 6.02. The Hall–Kier alpha value is -1.07. The molecule has 0 unspecified atom stereocenters. The van der Waals surface area contributed by atoms with Gasteiger partial charge in [0.05, 0.1) is 10.5 Å². The second-order valence-corrected chi connectivity index (χ2v) is 3.06. The summed E-state index contributed by atoms with van der Waals surface area (Å²) in [5, 5.41) is 9.56. The summed E-state index contributed by atoms with van der Waals surface area (Å²) in [6.45, 7) is 0. The van der Waals surface area contributed by atoms with E-state index in [-0.39, 0.29) is 11.3 Å². The number of carbonyl (C=O) groups excluding carboxylic acids is 1. The third kappa shape index (κ3) is 2.19. The van der Waals surface area contributed by atoms with Crippen molar-refractivity contribution >= 4 is 35.2 Å². The van der Waals surface area contributed by atoms with Crippen molar-refractivity contribution in [2.45, 2.75) is 4.90 Å². The third-order valence-corrected chi connectivity index (χ3v) is 2.00. The Morgan fingerprint density at radius 2 is 2.15 bits per heavy atom. The van der Waals surface area contributed by atoms with E-state index in [9.17, 15) is 14.9 Å². The summed E-state index contributed by atoms with van der Waals surface area (Å²) < 4.78 is 0. The lowest BCUT2D eigenvalue weighted by Gasteiger charge is -1.98. The molecule has 0 amide bonds. The highest BCUT2D eigenvalue weighted by Crippen LogP contribution is 2.21. The highest BCUT2D eigenvalue weighted by Gasteiger charge is 2.12. The molecule has 0 bridgehead atoms. The van der Waals surface area contributed by atoms with Crippen LogP contribution < -0.4 is 0 Å². The van der Waals surface area contributed by atoms with Crippen LogP contribution >= 0.6 is 24.2 Å². The van der Waals surface area contributed by atoms with Crippen molar-refractivity contribution in [1.82, 2.24) is 0 Å². The maximum Gasteiger partial charge on any atom is 0.270 e. The Labute approximate surface area is 84.1 Å². The van der Waals surface area contributed by atoms with Crippen LogP contribution in [0.25, 0.3) is 0 Å². The van der Waals surface area contributed by atoms with Gasteiger partial charge in [0.2, 0.25) is 0 Å². The molecule has 0 saturated carbocycles. The molecule has 1 aromatic rings. The van der Waals surface area contributed by atoms with Crippen LogP contribution in [-0.2, 0) is 0 Å². The number of thiol groups is 1. The number of nitro benzene ring substituents is 1. The van der Waals surface area contributed by atoms with Gasteiger partial charge in [0.25, 0.3) is 10.9 Å². The fraction of sp³-hybridized carbons (Fsp3) is 0. The summed E-state index contributed by atoms with van der Waals surface area (Å²) in [5.41, 5.74) is -0.138. The molecule has 68 valence electrons. The van der Waals surface area contributed by atoms with Gasteiger partial charge in [-0.25, -0.2) is 0 Å². The molecule has 13 heavy (non-hydrogen) atoms. The normalized spacial score (nSPS) is 9.69. The molecule has 4 nitrogen and oxygen atoms in total. The highest BCUT2D eigenvalue weighted by atomic mass is 35.5. The first-order valence-corrected chi connectivity index (χ1v) is 4.02. The monoisotopic (exact) mass is 217 g/mol. The van der Waals surface area contributed by atoms with Crippen molar-refractivity contribution in [3.8, 4) is 0 Å². The Morgan fingerprint density at radius 1 is 1.54 bits per heavy atom. The van der Waals surface area contributed by atoms with Gasteiger partial charge in [0, 0.05) is 17.0 Å². The molecular weight excluding hydrogens is 214 g/mol. The van der Waals surface area contributed by atoms with Crippen molar-refractivity contribution in [2.75, 3.05) is 0 Å². The van der Waals surface area contributed by atoms with Crippen LogP contribution in [0.15, 0.2) is 23.1 Å². The fourth-order valence-corrected chi connectivity index (χ4v) is 1.26. The molecule has 0 radical (unpaired) electrons. The molecule has 0 spiro atoms. The highest BCUT2D eigenvalue weighted by molar-refractivity contribution is 7.80. The van der Waals surface area contributed by atoms with Crippen molar-refractivity contribution in [3.63, 3.8) is 0 Å². The number of carbonyl (C=O) groups is 1. The third-order valence-electron chi connectivity index (χ3n) is 1.40. The first-order valence-electron chi connectivity index (χ1n) is 3.19. The van der Waals surface area contributed by atoms with Gasteiger partial charge < -0.3 is 0 Å². The number of hydrogen-bond acceptors (Lipinski definition) is 4. The number of rotatable bonds is 2. The SMILES string of the molecule is O=C(Cl)c1cc([N+](=O)[O-])ccc1S. The number of nitrogens with zero attached hydrogens (tertiary/aromatic N) is 1. The van der Waals surface area contributed by atoms with Crippen LogP contribution in [0.3, 0.4) is 0 Å². The smallest absolute Gasteiger partial charge is 0.270 e. The van der Waals surface area contributed by atoms with Gasteiger partial charge in [-0.15, -0.1) is 12.6 Å². The zero-order valence-electron chi connectivity index (χ0n) is 6.23. The summed E-state index contributed by atoms with van der Waals surface area (Å²) in [6.07, 6.45) is 0. The van der Waals surface area contributed by atoms with Crippen LogP contribution in [-0.4, -0.2) is 10.2 Å². The molecule has 0 aliphatic carbocycles. The molecule has 0 atom stereocenters. The average molecular weight is 218 g/mol. The minimum absolute atomic E-state index is 0.0409. The van der Waals surface area contributed by atoms with Crippen LogP contribution in [0.4, 0.5) is 5.69 Å². The molecule has 6 heteroatoms. The van der Waals surface area contributed by atoms with Gasteiger partial charge in [-0.2, -0.15) is 0 Å². The zero-order chi connectivity index (χ0) is 10.0. The standard InChI is InChI=1S/C7H4ClNO3S/c8-7(10)5-3-4(9(11)12)1-2-6(5)13/h1-3,13H. The van der Waals surface area contributed by atoms with E-state index in [0.29, 0.717) is 4.90 Å². The van der Waals surface area contributed by atoms with E-state index in [1.807, 2.05) is 0 Å². The van der Waals surface area contributed by atoms with E-state index >= 15 is 0 Å². The minimum Gasteiger partial charge on any atom is -0.276 e. The Bertz CT molecular complexity index is 380. The van der Waals surface area contributed by atoms with E-state index in [4.69, 9.17) is 11.6 Å². The number of nitro groups is 1. The van der Waals surface area contributed by atoms with E-state index < -0.39 is 10.2 Å². The summed E-state index contributed by atoms with van der Waals surface area (Å²) in [6, 6.07) is 3.71. The number of hydrogen-bond donors (Lipinski definition) is 1. The maximum atomic E-state index is 10.7. The maximum absolute atomic E-state index is 10.7. The Morgan fingerprint density at radius 3 is 2.62 bits per heavy atom. The molecule has 0 aromatic heterocycles. The lowest BCUT2D eigenvalue weighted by Crippen LogP contribution is -1.94. The lowest BCUT2D eigenvalue weighted by atomic mass is 10.2. The Kier molecular flexibility index (Phi) is 2.90. The van der Waals surface area contributed by atoms with Crippen molar-refractivity contribution in [2.24, 2.45) is 0 Å². The minimum atomic E-state index is -0.756. The molecule has 0 aliphatic rings. The van der Waals surface area contributed by atoms with Crippen molar-refractivity contribution in [3.05, 3.63) is 33.9 Å². The van der Waals surface area contributed by atoms with E-state index in [1.165, 1.54) is 12.1 Å². The molecule has 1 aromatic carbocycles. The van der Waals surface area contributed by atoms with Gasteiger partial charge in [-0.1, -0.05) is 0 Å². The quantitative estimate of drug-likeness (QED) is 0.358. The van der Waals surface area contributed by atoms with Gasteiger partial charge >= 0.3 is 0 Å². The topological polar surface area (TPSA) is 60.2 Å². The van der Waals surface area contributed by atoms with E-state index in [1.54, 1.807) is 0 Å². The molecule has 0 heterocycles. The fourth-order valence-electron chi connectivity index (χ4n) is 0.795. The van der Waals surface area contributed by atoms with Gasteiger partial charge in [-0.3, -0.25) is 14.9 Å². The zero-order valence-corrected chi connectivity index (χ0v) is 7.88. The van der Waals surface area contributed by atoms with Crippen LogP contribution in [0.2, 0.25) is 0 Å². The number of non-ortho nitro benzene ring substituents is 1. The van der Waals surface area contributed by atoms with Gasteiger partial charge in [0.15, 0.2) is 0 Å². The Balaban J connectivity index is 3.27. The molecular formula is C7H4ClNO3S. The summed E-state index contributed by atoms with van der Waals surface area (Å²) in [7, 11) is 0. The predicted molar refractivity (Wildman–Crippen MR) is 50.5 cm³/mol. The summed E-state index contributed by atoms with van der Waals surface area (Å²) in [4.78, 5) is 20.8. The molecule has 1 rings (SSSR count). The van der Waals surface area contributed by atoms with E-state index in [0.717, 1.165) is 6.07 Å². The number of benzene rings is 1. The summed E-state index contributed by atoms with van der Waals surface area (Å²) >= 11 is 9.10. The molecule has 0 aliphatic heterocycles. The second-order valence-electron chi connectivity index (χ2n) is 2.23.